The van der Waals surface area contributed by atoms with Crippen molar-refractivity contribution in [2.45, 2.75) is 12.5 Å². The lowest BCUT2D eigenvalue weighted by Gasteiger charge is -2.08. The molecule has 0 spiro atoms. The monoisotopic (exact) mass is 193 g/mol. The Morgan fingerprint density at radius 2 is 2.36 bits per heavy atom. The first-order valence-corrected chi connectivity index (χ1v) is 4.37. The molecule has 2 rings (SSSR count). The van der Waals surface area contributed by atoms with E-state index in [1.54, 1.807) is 6.20 Å². The Morgan fingerprint density at radius 1 is 1.50 bits per heavy atom. The van der Waals surface area contributed by atoms with Gasteiger partial charge in [0.1, 0.15) is 5.52 Å². The molecule has 5 nitrogen and oxygen atoms in total. The highest BCUT2D eigenvalue weighted by atomic mass is 16.3. The van der Waals surface area contributed by atoms with Crippen molar-refractivity contribution >= 4 is 11.2 Å². The number of nitrogens with two attached hydrogens (primary N) is 1. The van der Waals surface area contributed by atoms with Gasteiger partial charge in [0.25, 0.3) is 0 Å². The maximum absolute atomic E-state index is 8.74. The fourth-order valence-corrected chi connectivity index (χ4v) is 1.28. The summed E-state index contributed by atoms with van der Waals surface area (Å²) in [7, 11) is 0. The molecular formula is C9H11N3O2. The summed E-state index contributed by atoms with van der Waals surface area (Å²) in [6, 6.07) is 1.63. The molecule has 2 aromatic rings. The maximum Gasteiger partial charge on any atom is 0.246 e. The molecule has 2 heterocycles. The van der Waals surface area contributed by atoms with E-state index in [0.717, 1.165) is 5.56 Å². The lowest BCUT2D eigenvalue weighted by atomic mass is 10.1. The van der Waals surface area contributed by atoms with Gasteiger partial charge in [-0.25, -0.2) is 9.97 Å². The topological polar surface area (TPSA) is 85.2 Å². The van der Waals surface area contributed by atoms with Gasteiger partial charge < -0.3 is 15.3 Å². The van der Waals surface area contributed by atoms with E-state index < -0.39 is 0 Å². The van der Waals surface area contributed by atoms with Crippen LogP contribution in [0.3, 0.4) is 0 Å². The number of fused-ring (bicyclic) bond motifs is 1. The number of rotatable bonds is 3. The van der Waals surface area contributed by atoms with E-state index in [9.17, 15) is 0 Å². The van der Waals surface area contributed by atoms with Crippen LogP contribution in [0.15, 0.2) is 23.1 Å². The number of hydrogen-bond acceptors (Lipinski definition) is 5. The number of hydrogen-bond donors (Lipinski definition) is 2. The Balaban J connectivity index is 2.33. The van der Waals surface area contributed by atoms with Crippen molar-refractivity contribution in [3.63, 3.8) is 0 Å². The second-order valence-corrected chi connectivity index (χ2v) is 3.06. The fraction of sp³-hybridized carbons (Fsp3) is 0.333. The average Bonchev–Trinajstić information content (AvgIpc) is 2.64. The van der Waals surface area contributed by atoms with Crippen molar-refractivity contribution in [1.29, 1.82) is 0 Å². The van der Waals surface area contributed by atoms with E-state index in [4.69, 9.17) is 15.3 Å². The average molecular weight is 193 g/mol. The van der Waals surface area contributed by atoms with Gasteiger partial charge in [-0.15, -0.1) is 0 Å². The van der Waals surface area contributed by atoms with E-state index in [2.05, 4.69) is 9.97 Å². The molecule has 1 unspecified atom stereocenters. The molecule has 0 bridgehead atoms. The zero-order valence-electron chi connectivity index (χ0n) is 7.55. The number of aromatic nitrogens is 2. The Hall–Kier alpha value is -1.46. The first-order valence-electron chi connectivity index (χ1n) is 4.37. The van der Waals surface area contributed by atoms with Crippen LogP contribution in [0.4, 0.5) is 0 Å². The van der Waals surface area contributed by atoms with Crippen LogP contribution in [-0.2, 0) is 0 Å². The largest absolute Gasteiger partial charge is 0.425 e. The Labute approximate surface area is 80.6 Å². The second-order valence-electron chi connectivity index (χ2n) is 3.06. The van der Waals surface area contributed by atoms with Crippen LogP contribution in [0.25, 0.3) is 11.2 Å². The minimum Gasteiger partial charge on any atom is -0.425 e. The highest BCUT2D eigenvalue weighted by Gasteiger charge is 2.08. The number of aliphatic hydroxyl groups excluding tert-OH is 1. The Kier molecular flexibility index (Phi) is 2.43. The zero-order valence-corrected chi connectivity index (χ0v) is 7.55. The minimum absolute atomic E-state index is 0.0675. The van der Waals surface area contributed by atoms with Gasteiger partial charge >= 0.3 is 0 Å². The van der Waals surface area contributed by atoms with Gasteiger partial charge in [0.05, 0.1) is 0 Å². The van der Waals surface area contributed by atoms with Crippen LogP contribution >= 0.6 is 0 Å². The second kappa shape index (κ2) is 3.73. The molecule has 0 aliphatic carbocycles. The van der Waals surface area contributed by atoms with Crippen molar-refractivity contribution in [3.05, 3.63) is 24.2 Å². The van der Waals surface area contributed by atoms with Crippen LogP contribution in [0.5, 0.6) is 0 Å². The molecule has 14 heavy (non-hydrogen) atoms. The van der Waals surface area contributed by atoms with Gasteiger partial charge in [0, 0.05) is 18.8 Å². The van der Waals surface area contributed by atoms with E-state index in [0.29, 0.717) is 17.7 Å². The number of aliphatic hydroxyl groups is 1. The van der Waals surface area contributed by atoms with Crippen LogP contribution in [0, 0.1) is 0 Å². The van der Waals surface area contributed by atoms with Crippen LogP contribution in [0.1, 0.15) is 18.0 Å². The third kappa shape index (κ3) is 1.59. The molecule has 0 fully saturated rings. The Morgan fingerprint density at radius 3 is 3.14 bits per heavy atom. The van der Waals surface area contributed by atoms with Gasteiger partial charge in [-0.1, -0.05) is 0 Å². The molecule has 0 saturated carbocycles. The predicted molar refractivity (Wildman–Crippen MR) is 50.4 cm³/mol. The van der Waals surface area contributed by atoms with E-state index in [-0.39, 0.29) is 12.6 Å². The van der Waals surface area contributed by atoms with E-state index in [1.807, 2.05) is 6.07 Å². The predicted octanol–water partition coefficient (Wildman–Crippen LogP) is 0.605. The van der Waals surface area contributed by atoms with Gasteiger partial charge in [-0.05, 0) is 18.1 Å². The standard InChI is InChI=1S/C9H11N3O2/c10-7(1-2-13)6-3-8-9(11-4-6)14-5-12-8/h3-5,7,13H,1-2,10H2. The highest BCUT2D eigenvalue weighted by Crippen LogP contribution is 2.17. The van der Waals surface area contributed by atoms with Crippen molar-refractivity contribution in [1.82, 2.24) is 9.97 Å². The molecule has 0 aromatic carbocycles. The Bertz CT molecular complexity index is 427. The number of pyridine rings is 1. The molecule has 0 amide bonds. The summed E-state index contributed by atoms with van der Waals surface area (Å²) in [4.78, 5) is 8.03. The van der Waals surface area contributed by atoms with Crippen molar-refractivity contribution in [2.75, 3.05) is 6.61 Å². The normalized spacial score (nSPS) is 13.3. The summed E-state index contributed by atoms with van der Waals surface area (Å²) in [5.74, 6) is 0. The molecule has 0 radical (unpaired) electrons. The fourth-order valence-electron chi connectivity index (χ4n) is 1.28. The number of nitrogens with zero attached hydrogens (tertiary/aromatic N) is 2. The molecule has 74 valence electrons. The smallest absolute Gasteiger partial charge is 0.246 e. The molecule has 1 atom stereocenters. The lowest BCUT2D eigenvalue weighted by molar-refractivity contribution is 0.276. The zero-order chi connectivity index (χ0) is 9.97. The summed E-state index contributed by atoms with van der Waals surface area (Å²) >= 11 is 0. The van der Waals surface area contributed by atoms with Crippen LogP contribution in [0.2, 0.25) is 0 Å². The summed E-state index contributed by atoms with van der Waals surface area (Å²) in [5, 5.41) is 8.74. The van der Waals surface area contributed by atoms with Crippen molar-refractivity contribution < 1.29 is 9.52 Å². The van der Waals surface area contributed by atoms with Crippen molar-refractivity contribution in [3.8, 4) is 0 Å². The van der Waals surface area contributed by atoms with Crippen molar-refractivity contribution in [2.24, 2.45) is 5.73 Å². The maximum atomic E-state index is 8.74. The van der Waals surface area contributed by atoms with E-state index >= 15 is 0 Å². The number of oxazole rings is 1. The molecule has 0 aliphatic heterocycles. The molecule has 3 N–H and O–H groups in total. The molecule has 0 saturated heterocycles. The van der Waals surface area contributed by atoms with Crippen LogP contribution in [-0.4, -0.2) is 21.7 Å². The van der Waals surface area contributed by atoms with Gasteiger partial charge in [-0.3, -0.25) is 0 Å². The minimum atomic E-state index is -0.200. The molecular weight excluding hydrogens is 182 g/mol. The lowest BCUT2D eigenvalue weighted by Crippen LogP contribution is -2.12. The van der Waals surface area contributed by atoms with Gasteiger partial charge in [0.2, 0.25) is 5.71 Å². The highest BCUT2D eigenvalue weighted by molar-refractivity contribution is 5.67. The summed E-state index contributed by atoms with van der Waals surface area (Å²) in [6.45, 7) is 0.0675. The molecule has 5 heteroatoms. The van der Waals surface area contributed by atoms with Crippen LogP contribution < -0.4 is 5.73 Å². The van der Waals surface area contributed by atoms with Gasteiger partial charge in [-0.2, -0.15) is 0 Å². The quantitative estimate of drug-likeness (QED) is 0.745. The third-order valence-electron chi connectivity index (χ3n) is 2.08. The SMILES string of the molecule is NC(CCO)c1cnc2ocnc2c1. The first kappa shape index (κ1) is 9.11. The first-order chi connectivity index (χ1) is 6.81. The summed E-state index contributed by atoms with van der Waals surface area (Å²) < 4.78 is 5.00. The van der Waals surface area contributed by atoms with Gasteiger partial charge in [0.15, 0.2) is 6.39 Å². The molecule has 2 aromatic heterocycles. The third-order valence-corrected chi connectivity index (χ3v) is 2.08. The summed E-state index contributed by atoms with van der Waals surface area (Å²) in [5.41, 5.74) is 7.86. The van der Waals surface area contributed by atoms with E-state index in [1.165, 1.54) is 6.39 Å². The molecule has 0 aliphatic rings. The summed E-state index contributed by atoms with van der Waals surface area (Å²) in [6.07, 6.45) is 3.51.